The van der Waals surface area contributed by atoms with E-state index >= 15 is 0 Å². The molecule has 0 spiro atoms. The van der Waals surface area contributed by atoms with Crippen LogP contribution in [0.4, 0.5) is 11.4 Å². The van der Waals surface area contributed by atoms with Crippen molar-refractivity contribution in [3.8, 4) is 0 Å². The number of fused-ring (bicyclic) bond motifs is 3. The zero-order chi connectivity index (χ0) is 19.2. The Morgan fingerprint density at radius 1 is 1.22 bits per heavy atom. The van der Waals surface area contributed by atoms with Crippen LogP contribution in [0.25, 0.3) is 10.9 Å². The number of aromatic amines is 1. The fourth-order valence-electron chi connectivity index (χ4n) is 3.57. The number of hydrogen-bond donors (Lipinski definition) is 2. The lowest BCUT2D eigenvalue weighted by molar-refractivity contribution is -0.384. The van der Waals surface area contributed by atoms with Gasteiger partial charge in [-0.3, -0.25) is 10.1 Å². The van der Waals surface area contributed by atoms with E-state index in [2.05, 4.69) is 9.71 Å². The average molecular weight is 386 g/mol. The number of para-hydroxylation sites is 1. The molecule has 8 nitrogen and oxygen atoms in total. The fraction of sp³-hybridized carbons (Fsp3) is 0.222. The molecule has 0 saturated heterocycles. The summed E-state index contributed by atoms with van der Waals surface area (Å²) in [7, 11) is -2.47. The van der Waals surface area contributed by atoms with Crippen LogP contribution in [0.5, 0.6) is 0 Å². The van der Waals surface area contributed by atoms with Gasteiger partial charge < -0.3 is 9.88 Å². The SMILES string of the molecule is CNS(=O)(=O)c1ccc(N2CCc3[nH]c4ccccc4c3C2)c([N+](=O)[O-])c1. The minimum Gasteiger partial charge on any atom is -0.361 e. The Labute approximate surface area is 156 Å². The molecule has 3 aromatic rings. The highest BCUT2D eigenvalue weighted by molar-refractivity contribution is 7.89. The van der Waals surface area contributed by atoms with Gasteiger partial charge in [0.2, 0.25) is 10.0 Å². The van der Waals surface area contributed by atoms with Crippen molar-refractivity contribution < 1.29 is 13.3 Å². The van der Waals surface area contributed by atoms with Gasteiger partial charge >= 0.3 is 0 Å². The van der Waals surface area contributed by atoms with Crippen molar-refractivity contribution in [2.75, 3.05) is 18.5 Å². The standard InChI is InChI=1S/C18H18N4O4S/c1-19-27(25,26)12-6-7-17(18(10-12)22(23)24)21-9-8-16-14(11-21)13-4-2-3-5-15(13)20-16/h2-7,10,19-20H,8-9,11H2,1H3. The summed E-state index contributed by atoms with van der Waals surface area (Å²) in [4.78, 5) is 16.3. The molecular formula is C18H18N4O4S. The van der Waals surface area contributed by atoms with Crippen LogP contribution in [-0.4, -0.2) is 31.9 Å². The third kappa shape index (κ3) is 2.94. The van der Waals surface area contributed by atoms with Gasteiger partial charge in [-0.15, -0.1) is 0 Å². The summed E-state index contributed by atoms with van der Waals surface area (Å²) >= 11 is 0. The molecular weight excluding hydrogens is 368 g/mol. The van der Waals surface area contributed by atoms with Crippen LogP contribution in [-0.2, 0) is 23.0 Å². The van der Waals surface area contributed by atoms with Crippen LogP contribution < -0.4 is 9.62 Å². The second kappa shape index (κ2) is 6.36. The molecule has 0 amide bonds. The van der Waals surface area contributed by atoms with Gasteiger partial charge in [-0.05, 0) is 25.2 Å². The molecule has 4 rings (SSSR count). The van der Waals surface area contributed by atoms with Crippen LogP contribution in [0.1, 0.15) is 11.3 Å². The molecule has 0 saturated carbocycles. The summed E-state index contributed by atoms with van der Waals surface area (Å²) in [6, 6.07) is 12.0. The fourth-order valence-corrected chi connectivity index (χ4v) is 4.32. The predicted octanol–water partition coefficient (Wildman–Crippen LogP) is 2.55. The lowest BCUT2D eigenvalue weighted by atomic mass is 10.0. The first kappa shape index (κ1) is 17.5. The Bertz CT molecular complexity index is 1150. The predicted molar refractivity (Wildman–Crippen MR) is 102 cm³/mol. The van der Waals surface area contributed by atoms with E-state index in [1.807, 2.05) is 29.2 Å². The highest BCUT2D eigenvalue weighted by Crippen LogP contribution is 2.35. The van der Waals surface area contributed by atoms with Gasteiger partial charge in [0.25, 0.3) is 5.69 Å². The number of H-pyrrole nitrogens is 1. The maximum atomic E-state index is 12.0. The van der Waals surface area contributed by atoms with Gasteiger partial charge in [-0.25, -0.2) is 13.1 Å². The van der Waals surface area contributed by atoms with Gasteiger partial charge in [0.15, 0.2) is 0 Å². The average Bonchev–Trinajstić information content (AvgIpc) is 3.05. The van der Waals surface area contributed by atoms with Gasteiger partial charge in [0, 0.05) is 47.7 Å². The minimum absolute atomic E-state index is 0.120. The minimum atomic E-state index is -3.75. The molecule has 0 unspecified atom stereocenters. The van der Waals surface area contributed by atoms with E-state index in [4.69, 9.17) is 0 Å². The molecule has 0 fully saturated rings. The van der Waals surface area contributed by atoms with E-state index in [0.717, 1.165) is 34.6 Å². The van der Waals surface area contributed by atoms with Crippen molar-refractivity contribution in [1.29, 1.82) is 0 Å². The lowest BCUT2D eigenvalue weighted by Crippen LogP contribution is -2.30. The highest BCUT2D eigenvalue weighted by atomic mass is 32.2. The van der Waals surface area contributed by atoms with Gasteiger partial charge in [0.1, 0.15) is 5.69 Å². The van der Waals surface area contributed by atoms with Gasteiger partial charge in [-0.1, -0.05) is 18.2 Å². The summed E-state index contributed by atoms with van der Waals surface area (Å²) in [6.45, 7) is 1.14. The molecule has 2 heterocycles. The second-order valence-corrected chi connectivity index (χ2v) is 8.30. The number of nitrogens with one attached hydrogen (secondary N) is 2. The number of benzene rings is 2. The van der Waals surface area contributed by atoms with E-state index in [1.165, 1.54) is 19.2 Å². The van der Waals surface area contributed by atoms with Crippen molar-refractivity contribution in [1.82, 2.24) is 9.71 Å². The van der Waals surface area contributed by atoms with E-state index in [9.17, 15) is 18.5 Å². The Hall–Kier alpha value is -2.91. The molecule has 9 heteroatoms. The molecule has 1 aliphatic heterocycles. The molecule has 0 atom stereocenters. The van der Waals surface area contributed by atoms with Crippen molar-refractivity contribution >= 4 is 32.3 Å². The van der Waals surface area contributed by atoms with Gasteiger partial charge in [-0.2, -0.15) is 0 Å². The molecule has 0 bridgehead atoms. The largest absolute Gasteiger partial charge is 0.361 e. The van der Waals surface area contributed by atoms with Crippen molar-refractivity contribution in [2.45, 2.75) is 17.9 Å². The Balaban J connectivity index is 1.77. The maximum absolute atomic E-state index is 12.0. The number of nitrogens with zero attached hydrogens (tertiary/aromatic N) is 2. The lowest BCUT2D eigenvalue weighted by Gasteiger charge is -2.29. The molecule has 0 radical (unpaired) electrons. The Morgan fingerprint density at radius 2 is 2.00 bits per heavy atom. The second-order valence-electron chi connectivity index (χ2n) is 6.41. The van der Waals surface area contributed by atoms with Crippen LogP contribution in [0.15, 0.2) is 47.4 Å². The zero-order valence-electron chi connectivity index (χ0n) is 14.6. The van der Waals surface area contributed by atoms with Crippen molar-refractivity contribution in [3.05, 3.63) is 63.8 Å². The quantitative estimate of drug-likeness (QED) is 0.529. The van der Waals surface area contributed by atoms with E-state index < -0.39 is 14.9 Å². The number of sulfonamides is 1. The van der Waals surface area contributed by atoms with Crippen LogP contribution in [0.2, 0.25) is 0 Å². The van der Waals surface area contributed by atoms with E-state index in [-0.39, 0.29) is 10.6 Å². The third-order valence-electron chi connectivity index (χ3n) is 4.95. The van der Waals surface area contributed by atoms with Crippen LogP contribution >= 0.6 is 0 Å². The summed E-state index contributed by atoms with van der Waals surface area (Å²) in [6.07, 6.45) is 0.734. The third-order valence-corrected chi connectivity index (χ3v) is 6.36. The smallest absolute Gasteiger partial charge is 0.293 e. The number of nitro benzene ring substituents is 1. The summed E-state index contributed by atoms with van der Waals surface area (Å²) < 4.78 is 26.2. The summed E-state index contributed by atoms with van der Waals surface area (Å²) in [5, 5.41) is 12.7. The molecule has 1 aliphatic rings. The maximum Gasteiger partial charge on any atom is 0.293 e. The topological polar surface area (TPSA) is 108 Å². The van der Waals surface area contributed by atoms with Crippen LogP contribution in [0, 0.1) is 10.1 Å². The first-order chi connectivity index (χ1) is 12.9. The highest BCUT2D eigenvalue weighted by Gasteiger charge is 2.27. The van der Waals surface area contributed by atoms with Crippen molar-refractivity contribution in [3.63, 3.8) is 0 Å². The monoisotopic (exact) mass is 386 g/mol. The number of aromatic nitrogens is 1. The summed E-state index contributed by atoms with van der Waals surface area (Å²) in [5.41, 5.74) is 3.53. The molecule has 1 aromatic heterocycles. The Kier molecular flexibility index (Phi) is 4.12. The zero-order valence-corrected chi connectivity index (χ0v) is 15.4. The number of nitro groups is 1. The van der Waals surface area contributed by atoms with E-state index in [0.29, 0.717) is 18.8 Å². The first-order valence-corrected chi connectivity index (χ1v) is 9.94. The van der Waals surface area contributed by atoms with E-state index in [1.54, 1.807) is 0 Å². The molecule has 2 N–H and O–H groups in total. The number of hydrogen-bond acceptors (Lipinski definition) is 5. The molecule has 2 aromatic carbocycles. The summed E-state index contributed by atoms with van der Waals surface area (Å²) in [5.74, 6) is 0. The number of rotatable bonds is 4. The Morgan fingerprint density at radius 3 is 2.74 bits per heavy atom. The molecule has 0 aliphatic carbocycles. The molecule has 140 valence electrons. The number of anilines is 1. The first-order valence-electron chi connectivity index (χ1n) is 8.46. The molecule has 27 heavy (non-hydrogen) atoms. The van der Waals surface area contributed by atoms with Gasteiger partial charge in [0.05, 0.1) is 9.82 Å². The van der Waals surface area contributed by atoms with Crippen LogP contribution in [0.3, 0.4) is 0 Å². The normalized spacial score (nSPS) is 14.3. The van der Waals surface area contributed by atoms with Crippen molar-refractivity contribution in [2.24, 2.45) is 0 Å².